The van der Waals surface area contributed by atoms with E-state index in [0.29, 0.717) is 17.9 Å². The maximum Gasteiger partial charge on any atom is 0.235 e. The fourth-order valence-electron chi connectivity index (χ4n) is 3.69. The third kappa shape index (κ3) is 3.41. The molecule has 1 aliphatic heterocycles. The topological polar surface area (TPSA) is 46.6 Å². The number of methoxy groups -OCH3 is 1. The second kappa shape index (κ2) is 7.69. The van der Waals surface area contributed by atoms with Crippen LogP contribution in [0.5, 0.6) is 5.75 Å². The summed E-state index contributed by atoms with van der Waals surface area (Å²) < 4.78 is 5.21. The van der Waals surface area contributed by atoms with Crippen molar-refractivity contribution in [3.05, 3.63) is 95.6 Å². The lowest BCUT2D eigenvalue weighted by Gasteiger charge is -2.18. The number of hydrogen-bond donors (Lipinski definition) is 0. The number of nitrogens with zero attached hydrogens (tertiary/aromatic N) is 1. The van der Waals surface area contributed by atoms with Gasteiger partial charge in [0, 0.05) is 17.7 Å². The van der Waals surface area contributed by atoms with E-state index in [0.717, 1.165) is 16.8 Å². The molecular formula is C24H21NO3. The molecule has 1 aliphatic rings. The Kier molecular flexibility index (Phi) is 4.94. The van der Waals surface area contributed by atoms with E-state index in [9.17, 15) is 9.59 Å². The van der Waals surface area contributed by atoms with Crippen LogP contribution < -0.4 is 9.64 Å². The molecule has 4 rings (SSSR count). The third-order valence-electron chi connectivity index (χ3n) is 5.13. The van der Waals surface area contributed by atoms with Crippen LogP contribution in [-0.2, 0) is 11.3 Å². The van der Waals surface area contributed by atoms with Gasteiger partial charge in [0.05, 0.1) is 19.6 Å². The van der Waals surface area contributed by atoms with Crippen LogP contribution in [0.1, 0.15) is 33.8 Å². The molecule has 0 N–H and O–H groups in total. The lowest BCUT2D eigenvalue weighted by Crippen LogP contribution is -2.29. The van der Waals surface area contributed by atoms with Crippen molar-refractivity contribution in [2.24, 2.45) is 0 Å². The molecule has 1 amide bonds. The van der Waals surface area contributed by atoms with Gasteiger partial charge in [-0.25, -0.2) is 0 Å². The van der Waals surface area contributed by atoms with Crippen molar-refractivity contribution in [3.8, 4) is 5.75 Å². The average molecular weight is 371 g/mol. The number of ketones is 1. The van der Waals surface area contributed by atoms with Crippen LogP contribution in [0.15, 0.2) is 78.9 Å². The van der Waals surface area contributed by atoms with Gasteiger partial charge in [-0.3, -0.25) is 9.59 Å². The molecule has 0 spiro atoms. The maximum atomic E-state index is 13.2. The van der Waals surface area contributed by atoms with Crippen molar-refractivity contribution in [2.45, 2.75) is 18.9 Å². The highest BCUT2D eigenvalue weighted by Gasteiger charge is 2.38. The lowest BCUT2D eigenvalue weighted by atomic mass is 9.92. The molecule has 0 aromatic heterocycles. The first-order chi connectivity index (χ1) is 13.7. The zero-order valence-electron chi connectivity index (χ0n) is 15.7. The van der Waals surface area contributed by atoms with Gasteiger partial charge in [-0.05, 0) is 29.3 Å². The summed E-state index contributed by atoms with van der Waals surface area (Å²) in [6.07, 6.45) is 0.147. The summed E-state index contributed by atoms with van der Waals surface area (Å²) in [5, 5.41) is 0. The molecular weight excluding hydrogens is 350 g/mol. The van der Waals surface area contributed by atoms with Crippen molar-refractivity contribution in [2.75, 3.05) is 12.0 Å². The Balaban J connectivity index is 1.60. The van der Waals surface area contributed by atoms with Crippen LogP contribution in [0.25, 0.3) is 0 Å². The summed E-state index contributed by atoms with van der Waals surface area (Å²) in [6.45, 7) is 0.501. The largest absolute Gasteiger partial charge is 0.497 e. The zero-order valence-corrected chi connectivity index (χ0v) is 15.7. The van der Waals surface area contributed by atoms with Crippen LogP contribution in [0, 0.1) is 0 Å². The lowest BCUT2D eigenvalue weighted by molar-refractivity contribution is -0.119. The smallest absolute Gasteiger partial charge is 0.235 e. The van der Waals surface area contributed by atoms with Gasteiger partial charge in [-0.2, -0.15) is 0 Å². The Labute approximate surface area is 164 Å². The van der Waals surface area contributed by atoms with Crippen LogP contribution in [0.4, 0.5) is 5.69 Å². The number of amides is 1. The van der Waals surface area contributed by atoms with Crippen LogP contribution >= 0.6 is 0 Å². The summed E-state index contributed by atoms with van der Waals surface area (Å²) in [5.74, 6) is 0.0863. The predicted octanol–water partition coefficient (Wildman–Crippen LogP) is 4.60. The maximum absolute atomic E-state index is 13.2. The zero-order chi connectivity index (χ0) is 19.5. The number of hydrogen-bond acceptors (Lipinski definition) is 3. The number of anilines is 1. The molecule has 1 unspecified atom stereocenters. The Morgan fingerprint density at radius 3 is 2.50 bits per heavy atom. The molecule has 1 heterocycles. The monoisotopic (exact) mass is 371 g/mol. The number of ether oxygens (including phenoxy) is 1. The molecule has 0 saturated heterocycles. The van der Waals surface area contributed by atoms with Gasteiger partial charge in [-0.1, -0.05) is 60.7 Å². The van der Waals surface area contributed by atoms with E-state index < -0.39 is 5.92 Å². The molecule has 0 aliphatic carbocycles. The fraction of sp³-hybridized carbons (Fsp3) is 0.167. The fourth-order valence-corrected chi connectivity index (χ4v) is 3.69. The summed E-state index contributed by atoms with van der Waals surface area (Å²) in [7, 11) is 1.57. The van der Waals surface area contributed by atoms with Gasteiger partial charge in [0.2, 0.25) is 5.91 Å². The number of benzene rings is 3. The Morgan fingerprint density at radius 1 is 0.964 bits per heavy atom. The van der Waals surface area contributed by atoms with E-state index >= 15 is 0 Å². The van der Waals surface area contributed by atoms with Gasteiger partial charge in [0.1, 0.15) is 5.75 Å². The van der Waals surface area contributed by atoms with E-state index in [1.54, 1.807) is 36.3 Å². The molecule has 4 heteroatoms. The molecule has 0 saturated carbocycles. The van der Waals surface area contributed by atoms with Crippen molar-refractivity contribution < 1.29 is 14.3 Å². The first-order valence-corrected chi connectivity index (χ1v) is 9.29. The van der Waals surface area contributed by atoms with Crippen molar-refractivity contribution in [1.29, 1.82) is 0 Å². The molecule has 140 valence electrons. The highest BCUT2D eigenvalue weighted by molar-refractivity contribution is 6.09. The van der Waals surface area contributed by atoms with Gasteiger partial charge < -0.3 is 9.64 Å². The predicted molar refractivity (Wildman–Crippen MR) is 109 cm³/mol. The molecule has 28 heavy (non-hydrogen) atoms. The number of Topliss-reactive ketones (excluding diaryl/α,β-unsaturated/α-hetero) is 1. The van der Waals surface area contributed by atoms with E-state index in [4.69, 9.17) is 4.74 Å². The second-order valence-electron chi connectivity index (χ2n) is 6.88. The van der Waals surface area contributed by atoms with E-state index in [-0.39, 0.29) is 18.1 Å². The minimum absolute atomic E-state index is 0.0266. The van der Waals surface area contributed by atoms with Crippen LogP contribution in [-0.4, -0.2) is 18.8 Å². The first kappa shape index (κ1) is 18.0. The van der Waals surface area contributed by atoms with E-state index in [1.807, 2.05) is 54.6 Å². The highest BCUT2D eigenvalue weighted by Crippen LogP contribution is 2.40. The van der Waals surface area contributed by atoms with E-state index in [1.165, 1.54) is 0 Å². The molecule has 0 fully saturated rings. The minimum atomic E-state index is -0.460. The van der Waals surface area contributed by atoms with Crippen molar-refractivity contribution >= 4 is 17.4 Å². The normalized spacial score (nSPS) is 15.4. The number of carbonyl (C=O) groups excluding carboxylic acids is 2. The highest BCUT2D eigenvalue weighted by atomic mass is 16.5. The summed E-state index contributed by atoms with van der Waals surface area (Å²) in [4.78, 5) is 27.9. The van der Waals surface area contributed by atoms with Crippen molar-refractivity contribution in [3.63, 3.8) is 0 Å². The third-order valence-corrected chi connectivity index (χ3v) is 5.13. The first-order valence-electron chi connectivity index (χ1n) is 9.29. The Hall–Kier alpha value is -3.40. The number of rotatable bonds is 6. The number of fused-ring (bicyclic) bond motifs is 1. The molecule has 3 aromatic rings. The van der Waals surface area contributed by atoms with Crippen molar-refractivity contribution in [1.82, 2.24) is 0 Å². The van der Waals surface area contributed by atoms with Crippen LogP contribution in [0.3, 0.4) is 0 Å². The molecule has 3 aromatic carbocycles. The summed E-state index contributed by atoms with van der Waals surface area (Å²) >= 11 is 0. The number of para-hydroxylation sites is 1. The van der Waals surface area contributed by atoms with Gasteiger partial charge in [-0.15, -0.1) is 0 Å². The quantitative estimate of drug-likeness (QED) is 0.595. The summed E-state index contributed by atoms with van der Waals surface area (Å²) in [5.41, 5.74) is 3.43. The average Bonchev–Trinajstić information content (AvgIpc) is 3.00. The molecule has 0 radical (unpaired) electrons. The van der Waals surface area contributed by atoms with Gasteiger partial charge in [0.25, 0.3) is 0 Å². The molecule has 1 atom stereocenters. The SMILES string of the molecule is COc1cccc(C(=O)CC2C(=O)N(Cc3ccccc3)c3ccccc32)c1. The summed E-state index contributed by atoms with van der Waals surface area (Å²) in [6, 6.07) is 24.7. The molecule has 4 nitrogen and oxygen atoms in total. The molecule has 0 bridgehead atoms. The number of carbonyl (C=O) groups is 2. The Morgan fingerprint density at radius 2 is 1.71 bits per heavy atom. The van der Waals surface area contributed by atoms with Gasteiger partial charge in [0.15, 0.2) is 5.78 Å². The van der Waals surface area contributed by atoms with Crippen LogP contribution in [0.2, 0.25) is 0 Å². The Bertz CT molecular complexity index is 1010. The second-order valence-corrected chi connectivity index (χ2v) is 6.88. The van der Waals surface area contributed by atoms with Gasteiger partial charge >= 0.3 is 0 Å². The minimum Gasteiger partial charge on any atom is -0.497 e. The standard InChI is InChI=1S/C24H21NO3/c1-28-19-11-7-10-18(14-19)23(26)15-21-20-12-5-6-13-22(20)25(24(21)27)16-17-8-3-2-4-9-17/h2-14,21H,15-16H2,1H3. The van der Waals surface area contributed by atoms with E-state index in [2.05, 4.69) is 0 Å².